The number of aromatic hydroxyl groups is 1. The van der Waals surface area contributed by atoms with Crippen LogP contribution in [0.15, 0.2) is 48.5 Å². The molecule has 2 aromatic rings. The molecule has 0 aliphatic carbocycles. The third kappa shape index (κ3) is 4.41. The molecule has 0 aliphatic heterocycles. The molecule has 0 unspecified atom stereocenters. The summed E-state index contributed by atoms with van der Waals surface area (Å²) in [5.41, 5.74) is 0.113. The normalized spacial score (nSPS) is 10.0. The first-order chi connectivity index (χ1) is 10.7. The molecule has 0 aliphatic rings. The molecule has 5 heteroatoms. The number of ether oxygens (including phenoxy) is 3. The van der Waals surface area contributed by atoms with Gasteiger partial charge in [0.25, 0.3) is 0 Å². The van der Waals surface area contributed by atoms with Crippen molar-refractivity contribution >= 4 is 5.97 Å². The van der Waals surface area contributed by atoms with Crippen LogP contribution in [-0.2, 0) is 4.74 Å². The fourth-order valence-corrected chi connectivity index (χ4v) is 1.84. The summed E-state index contributed by atoms with van der Waals surface area (Å²) in [4.78, 5) is 11.3. The number of hydrogen-bond donors (Lipinski definition) is 1. The van der Waals surface area contributed by atoms with E-state index in [1.54, 1.807) is 6.07 Å². The summed E-state index contributed by atoms with van der Waals surface area (Å²) >= 11 is 0. The lowest BCUT2D eigenvalue weighted by Gasteiger charge is -2.09. The lowest BCUT2D eigenvalue weighted by molar-refractivity contribution is 0.0597. The Morgan fingerprint density at radius 2 is 1.68 bits per heavy atom. The number of rotatable bonds is 7. The fourth-order valence-electron chi connectivity index (χ4n) is 1.84. The Balaban J connectivity index is 1.75. The van der Waals surface area contributed by atoms with Crippen LogP contribution >= 0.6 is 0 Å². The average Bonchev–Trinajstić information content (AvgIpc) is 2.55. The summed E-state index contributed by atoms with van der Waals surface area (Å²) in [5.74, 6) is 0.567. The number of phenolic OH excluding ortho intramolecular Hbond substituents is 1. The van der Waals surface area contributed by atoms with Crippen LogP contribution in [0.1, 0.15) is 16.8 Å². The van der Waals surface area contributed by atoms with Gasteiger partial charge in [-0.05, 0) is 24.3 Å². The highest BCUT2D eigenvalue weighted by molar-refractivity contribution is 5.92. The molecule has 5 nitrogen and oxygen atoms in total. The molecule has 0 amide bonds. The fraction of sp³-hybridized carbons (Fsp3) is 0.235. The zero-order chi connectivity index (χ0) is 15.8. The summed E-state index contributed by atoms with van der Waals surface area (Å²) in [6.45, 7) is 0.986. The predicted molar refractivity (Wildman–Crippen MR) is 81.5 cm³/mol. The molecule has 0 fully saturated rings. The van der Waals surface area contributed by atoms with Crippen molar-refractivity contribution in [2.24, 2.45) is 0 Å². The van der Waals surface area contributed by atoms with Crippen LogP contribution in [-0.4, -0.2) is 31.4 Å². The van der Waals surface area contributed by atoms with E-state index in [-0.39, 0.29) is 11.3 Å². The first kappa shape index (κ1) is 15.7. The molecule has 2 aromatic carbocycles. The van der Waals surface area contributed by atoms with E-state index in [0.29, 0.717) is 25.4 Å². The topological polar surface area (TPSA) is 65.0 Å². The monoisotopic (exact) mass is 302 g/mol. The Hall–Kier alpha value is -2.69. The zero-order valence-electron chi connectivity index (χ0n) is 12.3. The Labute approximate surface area is 129 Å². The molecule has 0 atom stereocenters. The summed E-state index contributed by atoms with van der Waals surface area (Å²) in [6.07, 6.45) is 0.703. The number of carbonyl (C=O) groups excluding carboxylic acids is 1. The van der Waals surface area contributed by atoms with Crippen molar-refractivity contribution in [3.05, 3.63) is 54.1 Å². The highest BCUT2D eigenvalue weighted by Gasteiger charge is 2.11. The van der Waals surface area contributed by atoms with Gasteiger partial charge in [0.1, 0.15) is 22.8 Å². The van der Waals surface area contributed by atoms with Gasteiger partial charge in [-0.15, -0.1) is 0 Å². The third-order valence-corrected chi connectivity index (χ3v) is 2.94. The number of carbonyl (C=O) groups is 1. The zero-order valence-corrected chi connectivity index (χ0v) is 12.3. The number of benzene rings is 2. The van der Waals surface area contributed by atoms with E-state index in [1.165, 1.54) is 19.2 Å². The standard InChI is InChI=1S/C17H18O5/c1-20-17(19)15-9-8-14(12-16(15)18)22-11-5-10-21-13-6-3-2-4-7-13/h2-4,6-9,12,18H,5,10-11H2,1H3. The highest BCUT2D eigenvalue weighted by atomic mass is 16.5. The number of esters is 1. The van der Waals surface area contributed by atoms with Gasteiger partial charge in [-0.2, -0.15) is 0 Å². The smallest absolute Gasteiger partial charge is 0.341 e. The number of para-hydroxylation sites is 1. The maximum atomic E-state index is 11.3. The minimum Gasteiger partial charge on any atom is -0.507 e. The molecule has 0 spiro atoms. The summed E-state index contributed by atoms with van der Waals surface area (Å²) < 4.78 is 15.6. The van der Waals surface area contributed by atoms with Crippen molar-refractivity contribution in [2.75, 3.05) is 20.3 Å². The Bertz CT molecular complexity index is 610. The number of hydrogen-bond acceptors (Lipinski definition) is 5. The van der Waals surface area contributed by atoms with Gasteiger partial charge in [-0.25, -0.2) is 4.79 Å². The molecule has 22 heavy (non-hydrogen) atoms. The predicted octanol–water partition coefficient (Wildman–Crippen LogP) is 3.03. The summed E-state index contributed by atoms with van der Waals surface area (Å²) in [7, 11) is 1.26. The SMILES string of the molecule is COC(=O)c1ccc(OCCCOc2ccccc2)cc1O. The van der Waals surface area contributed by atoms with Gasteiger partial charge >= 0.3 is 5.97 Å². The molecule has 0 aromatic heterocycles. The maximum Gasteiger partial charge on any atom is 0.341 e. The van der Waals surface area contributed by atoms with Crippen LogP contribution in [0.25, 0.3) is 0 Å². The minimum absolute atomic E-state index is 0.113. The van der Waals surface area contributed by atoms with Crippen molar-refractivity contribution < 1.29 is 24.1 Å². The van der Waals surface area contributed by atoms with Gasteiger partial charge in [-0.1, -0.05) is 18.2 Å². The van der Waals surface area contributed by atoms with E-state index in [4.69, 9.17) is 9.47 Å². The number of phenols is 1. The van der Waals surface area contributed by atoms with Gasteiger partial charge in [0.05, 0.1) is 20.3 Å². The second kappa shape index (κ2) is 7.93. The number of methoxy groups -OCH3 is 1. The maximum absolute atomic E-state index is 11.3. The Morgan fingerprint density at radius 1 is 1.00 bits per heavy atom. The van der Waals surface area contributed by atoms with Gasteiger partial charge in [0.15, 0.2) is 0 Å². The van der Waals surface area contributed by atoms with Gasteiger partial charge in [0.2, 0.25) is 0 Å². The second-order valence-electron chi connectivity index (χ2n) is 4.53. The van der Waals surface area contributed by atoms with Gasteiger partial charge in [-0.3, -0.25) is 0 Å². The van der Waals surface area contributed by atoms with E-state index in [2.05, 4.69) is 4.74 Å². The summed E-state index contributed by atoms with van der Waals surface area (Å²) in [5, 5.41) is 9.74. The largest absolute Gasteiger partial charge is 0.507 e. The lowest BCUT2D eigenvalue weighted by Crippen LogP contribution is -2.05. The van der Waals surface area contributed by atoms with Gasteiger partial charge in [0, 0.05) is 12.5 Å². The molecule has 0 radical (unpaired) electrons. The van der Waals surface area contributed by atoms with Gasteiger partial charge < -0.3 is 19.3 Å². The minimum atomic E-state index is -0.583. The highest BCUT2D eigenvalue weighted by Crippen LogP contribution is 2.24. The van der Waals surface area contributed by atoms with Crippen molar-refractivity contribution in [3.63, 3.8) is 0 Å². The molecule has 0 saturated heterocycles. The molecule has 2 rings (SSSR count). The first-order valence-corrected chi connectivity index (χ1v) is 6.92. The first-order valence-electron chi connectivity index (χ1n) is 6.92. The Morgan fingerprint density at radius 3 is 2.32 bits per heavy atom. The van der Waals surface area contributed by atoms with Crippen molar-refractivity contribution in [2.45, 2.75) is 6.42 Å². The van der Waals surface area contributed by atoms with Crippen LogP contribution in [0.3, 0.4) is 0 Å². The molecule has 0 bridgehead atoms. The van der Waals surface area contributed by atoms with E-state index in [9.17, 15) is 9.90 Å². The van der Waals surface area contributed by atoms with E-state index in [0.717, 1.165) is 5.75 Å². The molecular weight excluding hydrogens is 284 g/mol. The van der Waals surface area contributed by atoms with E-state index < -0.39 is 5.97 Å². The molecule has 1 N–H and O–H groups in total. The second-order valence-corrected chi connectivity index (χ2v) is 4.53. The molecule has 116 valence electrons. The lowest BCUT2D eigenvalue weighted by atomic mass is 10.2. The molecular formula is C17H18O5. The van der Waals surface area contributed by atoms with Crippen molar-refractivity contribution in [3.8, 4) is 17.2 Å². The molecule has 0 saturated carbocycles. The van der Waals surface area contributed by atoms with Crippen LogP contribution in [0.4, 0.5) is 0 Å². The van der Waals surface area contributed by atoms with Crippen LogP contribution in [0.2, 0.25) is 0 Å². The van der Waals surface area contributed by atoms with Crippen LogP contribution in [0, 0.1) is 0 Å². The van der Waals surface area contributed by atoms with Crippen molar-refractivity contribution in [1.29, 1.82) is 0 Å². The van der Waals surface area contributed by atoms with E-state index >= 15 is 0 Å². The van der Waals surface area contributed by atoms with Crippen LogP contribution in [0.5, 0.6) is 17.2 Å². The Kier molecular flexibility index (Phi) is 5.65. The third-order valence-electron chi connectivity index (χ3n) is 2.94. The van der Waals surface area contributed by atoms with Crippen molar-refractivity contribution in [1.82, 2.24) is 0 Å². The summed E-state index contributed by atoms with van der Waals surface area (Å²) in [6, 6.07) is 14.0. The quantitative estimate of drug-likeness (QED) is 0.629. The molecule has 0 heterocycles. The van der Waals surface area contributed by atoms with Crippen LogP contribution < -0.4 is 9.47 Å². The van der Waals surface area contributed by atoms with E-state index in [1.807, 2.05) is 30.3 Å². The average molecular weight is 302 g/mol.